The second-order valence-electron chi connectivity index (χ2n) is 18.6. The van der Waals surface area contributed by atoms with Crippen LogP contribution in [0.2, 0.25) is 0 Å². The Labute approximate surface area is 425 Å². The molecule has 0 spiro atoms. The Hall–Kier alpha value is -3.74. The standard InChI is InChI=1S/C63H105NO5/c1-4-7-10-13-16-19-22-25-28-30-31-32-35-38-41-44-47-50-53-56-63(68)69-59(54-51-48-45-42-39-36-33-27-24-21-18-15-12-9-6-3)57-62(67)64-60(58-65)61(66)55-52-49-46-43-40-37-34-29-26-23-20-17-14-11-8-5-2/h7,10,16,18-19,21,25,27-28,31-33,38-39,41-42,47-48,50-51,59-61,65-66H,4-6,8-9,11-15,17,20,22-24,26,29-30,34-37,40,43-46,49,52-58H2,1-3H3,(H,64,67)/b10-7-,19-16-,21-18-,28-25-,32-31-,33-27-,41-38-,42-39-,50-47-,51-48-. The van der Waals surface area contributed by atoms with Gasteiger partial charge in [0.2, 0.25) is 5.91 Å². The smallest absolute Gasteiger partial charge is 0.306 e. The van der Waals surface area contributed by atoms with E-state index in [0.29, 0.717) is 19.3 Å². The Bertz CT molecular complexity index is 1440. The van der Waals surface area contributed by atoms with Crippen molar-refractivity contribution in [1.82, 2.24) is 5.32 Å². The molecule has 0 saturated carbocycles. The van der Waals surface area contributed by atoms with Crippen molar-refractivity contribution in [2.75, 3.05) is 6.61 Å². The minimum atomic E-state index is -0.832. The number of aliphatic hydroxyl groups excluding tert-OH is 2. The van der Waals surface area contributed by atoms with Crippen LogP contribution in [0, 0.1) is 0 Å². The second-order valence-corrected chi connectivity index (χ2v) is 18.6. The molecule has 0 aromatic carbocycles. The third-order valence-corrected chi connectivity index (χ3v) is 12.0. The van der Waals surface area contributed by atoms with Crippen molar-refractivity contribution >= 4 is 11.9 Å². The molecule has 3 unspecified atom stereocenters. The lowest BCUT2D eigenvalue weighted by molar-refractivity contribution is -0.150. The quantitative estimate of drug-likeness (QED) is 0.0321. The molecule has 6 heteroatoms. The molecule has 6 nitrogen and oxygen atoms in total. The number of unbranched alkanes of at least 4 members (excludes halogenated alkanes) is 18. The van der Waals surface area contributed by atoms with E-state index < -0.39 is 18.2 Å². The summed E-state index contributed by atoms with van der Waals surface area (Å²) in [5.74, 6) is -0.684. The first-order valence-corrected chi connectivity index (χ1v) is 28.3. The van der Waals surface area contributed by atoms with E-state index in [1.807, 2.05) is 18.2 Å². The Kier molecular flexibility index (Phi) is 52.2. The van der Waals surface area contributed by atoms with Crippen LogP contribution in [0.25, 0.3) is 0 Å². The molecule has 0 rings (SSSR count). The summed E-state index contributed by atoms with van der Waals surface area (Å²) in [5, 5.41) is 23.8. The van der Waals surface area contributed by atoms with Gasteiger partial charge in [-0.15, -0.1) is 0 Å². The third kappa shape index (κ3) is 50.5. The lowest BCUT2D eigenvalue weighted by Crippen LogP contribution is -2.46. The molecular weight excluding hydrogens is 851 g/mol. The van der Waals surface area contributed by atoms with E-state index in [2.05, 4.69) is 129 Å². The first kappa shape index (κ1) is 65.3. The van der Waals surface area contributed by atoms with Gasteiger partial charge in [0, 0.05) is 12.8 Å². The van der Waals surface area contributed by atoms with Crippen LogP contribution < -0.4 is 5.32 Å². The van der Waals surface area contributed by atoms with Gasteiger partial charge in [0.1, 0.15) is 6.10 Å². The summed E-state index contributed by atoms with van der Waals surface area (Å²) in [4.78, 5) is 26.2. The van der Waals surface area contributed by atoms with E-state index in [4.69, 9.17) is 4.74 Å². The fourth-order valence-corrected chi connectivity index (χ4v) is 7.79. The number of carbonyl (C=O) groups is 2. The van der Waals surface area contributed by atoms with Crippen molar-refractivity contribution in [1.29, 1.82) is 0 Å². The zero-order valence-electron chi connectivity index (χ0n) is 44.6. The molecule has 0 aromatic rings. The highest BCUT2D eigenvalue weighted by molar-refractivity contribution is 5.77. The minimum Gasteiger partial charge on any atom is -0.461 e. The summed E-state index contributed by atoms with van der Waals surface area (Å²) in [7, 11) is 0. The fourth-order valence-electron chi connectivity index (χ4n) is 7.79. The van der Waals surface area contributed by atoms with Gasteiger partial charge >= 0.3 is 5.97 Å². The summed E-state index contributed by atoms with van der Waals surface area (Å²) in [5.41, 5.74) is 0. The molecule has 0 aliphatic rings. The molecule has 1 amide bonds. The molecule has 0 saturated heterocycles. The number of hydrogen-bond donors (Lipinski definition) is 3. The maximum atomic E-state index is 13.2. The van der Waals surface area contributed by atoms with E-state index in [9.17, 15) is 19.8 Å². The van der Waals surface area contributed by atoms with Gasteiger partial charge in [-0.2, -0.15) is 0 Å². The molecule has 3 N–H and O–H groups in total. The predicted molar refractivity (Wildman–Crippen MR) is 300 cm³/mol. The number of aliphatic hydroxyl groups is 2. The zero-order chi connectivity index (χ0) is 50.2. The normalized spacial score (nSPS) is 14.1. The summed E-state index contributed by atoms with van der Waals surface area (Å²) >= 11 is 0. The molecule has 3 atom stereocenters. The highest BCUT2D eigenvalue weighted by Gasteiger charge is 2.23. The van der Waals surface area contributed by atoms with E-state index in [-0.39, 0.29) is 31.3 Å². The lowest BCUT2D eigenvalue weighted by Gasteiger charge is -2.24. The Morgan fingerprint density at radius 3 is 1.23 bits per heavy atom. The van der Waals surface area contributed by atoms with E-state index in [1.54, 1.807) is 0 Å². The van der Waals surface area contributed by atoms with E-state index >= 15 is 0 Å². The molecule has 0 radical (unpaired) electrons. The lowest BCUT2D eigenvalue weighted by atomic mass is 10.0. The zero-order valence-corrected chi connectivity index (χ0v) is 44.6. The number of carbonyl (C=O) groups excluding carboxylic acids is 2. The summed E-state index contributed by atoms with van der Waals surface area (Å²) in [6.45, 7) is 6.30. The van der Waals surface area contributed by atoms with Crippen molar-refractivity contribution in [3.05, 3.63) is 122 Å². The number of amides is 1. The van der Waals surface area contributed by atoms with Gasteiger partial charge in [0.15, 0.2) is 0 Å². The molecule has 0 heterocycles. The number of ether oxygens (including phenoxy) is 1. The number of hydrogen-bond acceptors (Lipinski definition) is 5. The Balaban J connectivity index is 4.80. The van der Waals surface area contributed by atoms with Crippen molar-refractivity contribution in [2.24, 2.45) is 0 Å². The second kappa shape index (κ2) is 55.2. The SMILES string of the molecule is CC/C=C\C/C=C\C/C=C\C/C=C\C/C=C\C/C=C\CCC(=O)OC(C/C=C\C/C=C\C/C=C\C/C=C\CCCCC)CC(=O)NC(CO)C(O)CCCCCCCCCCCCCCCCCC. The predicted octanol–water partition coefficient (Wildman–Crippen LogP) is 17.6. The van der Waals surface area contributed by atoms with E-state index in [0.717, 1.165) is 83.5 Å². The number of nitrogens with one attached hydrogen (secondary N) is 1. The maximum Gasteiger partial charge on any atom is 0.306 e. The van der Waals surface area contributed by atoms with Crippen LogP contribution in [0.1, 0.15) is 239 Å². The summed E-state index contributed by atoms with van der Waals surface area (Å²) in [6.07, 6.45) is 77.1. The van der Waals surface area contributed by atoms with Crippen LogP contribution in [-0.2, 0) is 14.3 Å². The van der Waals surface area contributed by atoms with Gasteiger partial charge in [0.05, 0.1) is 25.2 Å². The van der Waals surface area contributed by atoms with Gasteiger partial charge in [-0.25, -0.2) is 0 Å². The number of allylic oxidation sites excluding steroid dienone is 19. The highest BCUT2D eigenvalue weighted by Crippen LogP contribution is 2.16. The van der Waals surface area contributed by atoms with Gasteiger partial charge < -0.3 is 20.3 Å². The molecule has 0 aromatic heterocycles. The molecular formula is C63H105NO5. The van der Waals surface area contributed by atoms with Crippen molar-refractivity contribution in [3.8, 4) is 0 Å². The van der Waals surface area contributed by atoms with Crippen molar-refractivity contribution in [3.63, 3.8) is 0 Å². The summed E-state index contributed by atoms with van der Waals surface area (Å²) in [6, 6.07) is -0.755. The first-order valence-electron chi connectivity index (χ1n) is 28.3. The van der Waals surface area contributed by atoms with Crippen LogP contribution in [-0.4, -0.2) is 46.9 Å². The average Bonchev–Trinajstić information content (AvgIpc) is 3.34. The Morgan fingerprint density at radius 1 is 0.449 bits per heavy atom. The van der Waals surface area contributed by atoms with E-state index in [1.165, 1.54) is 103 Å². The third-order valence-electron chi connectivity index (χ3n) is 12.0. The molecule has 0 aliphatic heterocycles. The first-order chi connectivity index (χ1) is 34.0. The molecule has 69 heavy (non-hydrogen) atoms. The molecule has 0 bridgehead atoms. The molecule has 0 aliphatic carbocycles. The van der Waals surface area contributed by atoms with Crippen LogP contribution in [0.15, 0.2) is 122 Å². The largest absolute Gasteiger partial charge is 0.461 e. The highest BCUT2D eigenvalue weighted by atomic mass is 16.5. The fraction of sp³-hybridized carbons (Fsp3) is 0.651. The minimum absolute atomic E-state index is 0.0358. The monoisotopic (exact) mass is 956 g/mol. The molecule has 392 valence electrons. The van der Waals surface area contributed by atoms with Gasteiger partial charge in [-0.3, -0.25) is 9.59 Å². The topological polar surface area (TPSA) is 95.9 Å². The maximum absolute atomic E-state index is 13.2. The van der Waals surface area contributed by atoms with Gasteiger partial charge in [-0.1, -0.05) is 258 Å². The average molecular weight is 957 g/mol. The van der Waals surface area contributed by atoms with Gasteiger partial charge in [0.25, 0.3) is 0 Å². The van der Waals surface area contributed by atoms with Crippen LogP contribution in [0.4, 0.5) is 0 Å². The van der Waals surface area contributed by atoms with Crippen molar-refractivity contribution < 1.29 is 24.5 Å². The number of rotatable bonds is 49. The van der Waals surface area contributed by atoms with Gasteiger partial charge in [-0.05, 0) is 83.5 Å². The van der Waals surface area contributed by atoms with Crippen LogP contribution >= 0.6 is 0 Å². The summed E-state index contributed by atoms with van der Waals surface area (Å²) < 4.78 is 5.84. The Morgan fingerprint density at radius 2 is 0.812 bits per heavy atom. The number of esters is 1. The van der Waals surface area contributed by atoms with Crippen LogP contribution in [0.3, 0.4) is 0 Å². The van der Waals surface area contributed by atoms with Crippen LogP contribution in [0.5, 0.6) is 0 Å². The molecule has 0 fully saturated rings. The van der Waals surface area contributed by atoms with Crippen molar-refractivity contribution in [2.45, 2.75) is 257 Å².